The molecule has 0 saturated carbocycles. The van der Waals surface area contributed by atoms with Crippen molar-refractivity contribution in [2.45, 2.75) is 25.9 Å². The lowest BCUT2D eigenvalue weighted by Gasteiger charge is -2.20. The summed E-state index contributed by atoms with van der Waals surface area (Å²) >= 11 is 0. The molecule has 0 aliphatic carbocycles. The topological polar surface area (TPSA) is 39.7 Å². The Morgan fingerprint density at radius 2 is 1.92 bits per heavy atom. The molecule has 4 nitrogen and oxygen atoms in total. The Labute approximate surface area is 148 Å². The third kappa shape index (κ3) is 4.95. The van der Waals surface area contributed by atoms with Gasteiger partial charge in [0.2, 0.25) is 0 Å². The van der Waals surface area contributed by atoms with Crippen molar-refractivity contribution in [1.82, 2.24) is 10.6 Å². The van der Waals surface area contributed by atoms with Gasteiger partial charge in [-0.25, -0.2) is 9.38 Å². The predicted octanol–water partition coefficient (Wildman–Crippen LogP) is 3.16. The van der Waals surface area contributed by atoms with Gasteiger partial charge in [-0.2, -0.15) is 0 Å². The summed E-state index contributed by atoms with van der Waals surface area (Å²) < 4.78 is 13.0. The van der Waals surface area contributed by atoms with Crippen LogP contribution in [0.15, 0.2) is 59.6 Å². The summed E-state index contributed by atoms with van der Waals surface area (Å²) in [4.78, 5) is 7.02. The molecule has 1 aliphatic rings. The molecule has 0 aromatic heterocycles. The molecule has 0 amide bonds. The zero-order valence-electron chi connectivity index (χ0n) is 14.6. The largest absolute Gasteiger partial charge is 0.369 e. The van der Waals surface area contributed by atoms with Crippen LogP contribution < -0.4 is 15.5 Å². The molecule has 0 radical (unpaired) electrons. The number of nitrogens with one attached hydrogen (secondary N) is 2. The molecule has 2 N–H and O–H groups in total. The van der Waals surface area contributed by atoms with Gasteiger partial charge in [0.15, 0.2) is 5.96 Å². The van der Waals surface area contributed by atoms with E-state index in [1.807, 2.05) is 6.07 Å². The molecule has 1 aliphatic heterocycles. The SMILES string of the molecule is CCNC(=NCc1ccc(F)cc1)NC1CCN(c2ccccc2)C1. The Morgan fingerprint density at radius 3 is 2.64 bits per heavy atom. The molecule has 3 rings (SSSR count). The van der Waals surface area contributed by atoms with Crippen LogP contribution in [0.4, 0.5) is 10.1 Å². The Bertz CT molecular complexity index is 685. The van der Waals surface area contributed by atoms with Crippen molar-refractivity contribution in [3.63, 3.8) is 0 Å². The zero-order valence-corrected chi connectivity index (χ0v) is 14.6. The van der Waals surface area contributed by atoms with Crippen LogP contribution in [0.3, 0.4) is 0 Å². The van der Waals surface area contributed by atoms with Gasteiger partial charge in [-0.3, -0.25) is 0 Å². The molecule has 5 heteroatoms. The summed E-state index contributed by atoms with van der Waals surface area (Å²) in [5, 5.41) is 6.81. The number of benzene rings is 2. The van der Waals surface area contributed by atoms with Gasteiger partial charge in [0.1, 0.15) is 5.82 Å². The molecule has 1 heterocycles. The van der Waals surface area contributed by atoms with E-state index in [1.54, 1.807) is 12.1 Å². The highest BCUT2D eigenvalue weighted by molar-refractivity contribution is 5.80. The van der Waals surface area contributed by atoms with Crippen LogP contribution in [0.25, 0.3) is 0 Å². The quantitative estimate of drug-likeness (QED) is 0.649. The smallest absolute Gasteiger partial charge is 0.191 e. The first kappa shape index (κ1) is 17.3. The number of nitrogens with zero attached hydrogens (tertiary/aromatic N) is 2. The van der Waals surface area contributed by atoms with Crippen LogP contribution in [-0.4, -0.2) is 31.6 Å². The van der Waals surface area contributed by atoms with E-state index in [0.717, 1.165) is 37.6 Å². The van der Waals surface area contributed by atoms with E-state index in [-0.39, 0.29) is 5.82 Å². The van der Waals surface area contributed by atoms with Crippen molar-refractivity contribution in [3.8, 4) is 0 Å². The number of rotatable bonds is 5. The average molecular weight is 340 g/mol. The van der Waals surface area contributed by atoms with Gasteiger partial charge in [0.05, 0.1) is 6.54 Å². The monoisotopic (exact) mass is 340 g/mol. The number of halogens is 1. The molecule has 25 heavy (non-hydrogen) atoms. The second kappa shape index (κ2) is 8.51. The van der Waals surface area contributed by atoms with E-state index in [1.165, 1.54) is 17.8 Å². The fraction of sp³-hybridized carbons (Fsp3) is 0.350. The van der Waals surface area contributed by atoms with E-state index in [0.29, 0.717) is 12.6 Å². The van der Waals surface area contributed by atoms with Crippen molar-refractivity contribution in [3.05, 3.63) is 66.0 Å². The van der Waals surface area contributed by atoms with Gasteiger partial charge in [0, 0.05) is 31.4 Å². The summed E-state index contributed by atoms with van der Waals surface area (Å²) in [6, 6.07) is 17.3. The highest BCUT2D eigenvalue weighted by Gasteiger charge is 2.23. The van der Waals surface area contributed by atoms with Crippen molar-refractivity contribution < 1.29 is 4.39 Å². The number of para-hydroxylation sites is 1. The molecule has 0 bridgehead atoms. The number of hydrogen-bond acceptors (Lipinski definition) is 2. The number of guanidine groups is 1. The summed E-state index contributed by atoms with van der Waals surface area (Å²) in [5.41, 5.74) is 2.26. The van der Waals surface area contributed by atoms with Gasteiger partial charge in [0.25, 0.3) is 0 Å². The van der Waals surface area contributed by atoms with Crippen LogP contribution >= 0.6 is 0 Å². The van der Waals surface area contributed by atoms with E-state index in [2.05, 4.69) is 51.7 Å². The molecule has 1 saturated heterocycles. The molecule has 2 aromatic carbocycles. The molecule has 1 fully saturated rings. The fourth-order valence-corrected chi connectivity index (χ4v) is 3.02. The second-order valence-electron chi connectivity index (χ2n) is 6.23. The number of aliphatic imine (C=N–C) groups is 1. The molecule has 132 valence electrons. The lowest BCUT2D eigenvalue weighted by molar-refractivity contribution is 0.627. The van der Waals surface area contributed by atoms with Gasteiger partial charge in [-0.05, 0) is 43.2 Å². The van der Waals surface area contributed by atoms with Crippen LogP contribution in [0.1, 0.15) is 18.9 Å². The summed E-state index contributed by atoms with van der Waals surface area (Å²) in [6.45, 7) is 5.40. The van der Waals surface area contributed by atoms with Crippen LogP contribution in [0.5, 0.6) is 0 Å². The molecule has 1 unspecified atom stereocenters. The van der Waals surface area contributed by atoms with Crippen molar-refractivity contribution in [1.29, 1.82) is 0 Å². The summed E-state index contributed by atoms with van der Waals surface area (Å²) in [7, 11) is 0. The first-order valence-electron chi connectivity index (χ1n) is 8.84. The first-order valence-corrected chi connectivity index (χ1v) is 8.84. The van der Waals surface area contributed by atoms with Crippen LogP contribution in [0, 0.1) is 5.82 Å². The third-order valence-electron chi connectivity index (χ3n) is 4.33. The maximum absolute atomic E-state index is 13.0. The maximum Gasteiger partial charge on any atom is 0.191 e. The lowest BCUT2D eigenvalue weighted by atomic mass is 10.2. The lowest BCUT2D eigenvalue weighted by Crippen LogP contribution is -2.44. The molecular weight excluding hydrogens is 315 g/mol. The van der Waals surface area contributed by atoms with E-state index in [4.69, 9.17) is 0 Å². The van der Waals surface area contributed by atoms with Crippen molar-refractivity contribution >= 4 is 11.6 Å². The highest BCUT2D eigenvalue weighted by Crippen LogP contribution is 2.19. The van der Waals surface area contributed by atoms with Gasteiger partial charge in [-0.1, -0.05) is 30.3 Å². The Balaban J connectivity index is 1.58. The van der Waals surface area contributed by atoms with Crippen LogP contribution in [0.2, 0.25) is 0 Å². The minimum absolute atomic E-state index is 0.218. The van der Waals surface area contributed by atoms with Crippen molar-refractivity contribution in [2.75, 3.05) is 24.5 Å². The molecule has 1 atom stereocenters. The maximum atomic E-state index is 13.0. The van der Waals surface area contributed by atoms with E-state index >= 15 is 0 Å². The Hall–Kier alpha value is -2.56. The van der Waals surface area contributed by atoms with Gasteiger partial charge < -0.3 is 15.5 Å². The minimum Gasteiger partial charge on any atom is -0.369 e. The van der Waals surface area contributed by atoms with Gasteiger partial charge >= 0.3 is 0 Å². The third-order valence-corrected chi connectivity index (χ3v) is 4.33. The minimum atomic E-state index is -0.218. The molecular formula is C20H25FN4. The number of anilines is 1. The summed E-state index contributed by atoms with van der Waals surface area (Å²) in [5.74, 6) is 0.594. The molecule has 0 spiro atoms. The fourth-order valence-electron chi connectivity index (χ4n) is 3.02. The van der Waals surface area contributed by atoms with Crippen LogP contribution in [-0.2, 0) is 6.54 Å². The van der Waals surface area contributed by atoms with Crippen molar-refractivity contribution in [2.24, 2.45) is 4.99 Å². The highest BCUT2D eigenvalue weighted by atomic mass is 19.1. The Morgan fingerprint density at radius 1 is 1.16 bits per heavy atom. The zero-order chi connectivity index (χ0) is 17.5. The standard InChI is InChI=1S/C20H25FN4/c1-2-22-20(23-14-16-8-10-17(21)11-9-16)24-18-12-13-25(15-18)19-6-4-3-5-7-19/h3-11,18H,2,12-15H2,1H3,(H2,22,23,24). The summed E-state index contributed by atoms with van der Waals surface area (Å²) in [6.07, 6.45) is 1.08. The number of hydrogen-bond donors (Lipinski definition) is 2. The average Bonchev–Trinajstić information content (AvgIpc) is 3.10. The molecule has 2 aromatic rings. The first-order chi connectivity index (χ1) is 12.2. The normalized spacial score (nSPS) is 17.6. The second-order valence-corrected chi connectivity index (χ2v) is 6.23. The van der Waals surface area contributed by atoms with Gasteiger partial charge in [-0.15, -0.1) is 0 Å². The Kier molecular flexibility index (Phi) is 5.88. The van der Waals surface area contributed by atoms with E-state index in [9.17, 15) is 4.39 Å². The van der Waals surface area contributed by atoms with E-state index < -0.39 is 0 Å². The predicted molar refractivity (Wildman–Crippen MR) is 101 cm³/mol.